The van der Waals surface area contributed by atoms with E-state index >= 15 is 4.39 Å². The maximum absolute atomic E-state index is 15.2. The third-order valence-corrected chi connectivity index (χ3v) is 29.6. The topological polar surface area (TPSA) is 309 Å². The van der Waals surface area contributed by atoms with Crippen molar-refractivity contribution >= 4 is 161 Å². The fraction of sp³-hybridized carbons (Fsp3) is 0.456. The van der Waals surface area contributed by atoms with Crippen molar-refractivity contribution < 1.29 is 47.1 Å². The van der Waals surface area contributed by atoms with Gasteiger partial charge in [0.25, 0.3) is 0 Å². The number of pyridine rings is 4. The van der Waals surface area contributed by atoms with Crippen LogP contribution in [0.1, 0.15) is 256 Å². The molecule has 29 heteroatoms. The van der Waals surface area contributed by atoms with E-state index in [1.165, 1.54) is 47.4 Å². The highest BCUT2D eigenvalue weighted by Gasteiger charge is 2.45. The van der Waals surface area contributed by atoms with Crippen LogP contribution in [0, 0.1) is 60.0 Å². The molecule has 5 N–H and O–H groups in total. The van der Waals surface area contributed by atoms with Gasteiger partial charge in [0.2, 0.25) is 29.5 Å². The van der Waals surface area contributed by atoms with E-state index in [0.717, 1.165) is 194 Å². The fourth-order valence-corrected chi connectivity index (χ4v) is 22.4. The number of nitrogens with one attached hydrogen (secondary N) is 5. The number of benzene rings is 4. The highest BCUT2D eigenvalue weighted by atomic mass is 35.5. The Morgan fingerprint density at radius 1 is 0.508 bits per heavy atom. The van der Waals surface area contributed by atoms with Crippen LogP contribution in [0.25, 0.3) is 77.3 Å². The van der Waals surface area contributed by atoms with Gasteiger partial charge in [-0.2, -0.15) is 9.47 Å². The van der Waals surface area contributed by atoms with Gasteiger partial charge in [-0.3, -0.25) is 33.6 Å². The summed E-state index contributed by atoms with van der Waals surface area (Å²) in [6.45, 7) is 21.8. The lowest BCUT2D eigenvalue weighted by molar-refractivity contribution is -0.123. The van der Waals surface area contributed by atoms with Crippen molar-refractivity contribution in [2.45, 2.75) is 260 Å². The number of amides is 5. The summed E-state index contributed by atoms with van der Waals surface area (Å²) in [6.07, 6.45) is 27.7. The van der Waals surface area contributed by atoms with Crippen LogP contribution in [0.3, 0.4) is 0 Å². The van der Waals surface area contributed by atoms with Gasteiger partial charge in [-0.1, -0.05) is 99.8 Å². The molecule has 692 valence electrons. The lowest BCUT2D eigenvalue weighted by Gasteiger charge is -2.27. The van der Waals surface area contributed by atoms with E-state index in [4.69, 9.17) is 39.9 Å². The van der Waals surface area contributed by atoms with Gasteiger partial charge in [0, 0.05) is 148 Å². The number of aromatic nitrogens is 9. The van der Waals surface area contributed by atoms with Crippen LogP contribution in [0.4, 0.5) is 37.7 Å². The molecule has 5 fully saturated rings. The van der Waals surface area contributed by atoms with Gasteiger partial charge in [0.1, 0.15) is 57.6 Å². The van der Waals surface area contributed by atoms with E-state index in [1.807, 2.05) is 80.8 Å². The number of aryl methyl sites for hydroxylation is 2. The molecular formula is C103H116Cl3F2N15O8S. The third-order valence-electron chi connectivity index (χ3n) is 27.6. The summed E-state index contributed by atoms with van der Waals surface area (Å²) in [5.41, 5.74) is 13.9. The number of aliphatic imine (C=N–C) groups is 1. The first kappa shape index (κ1) is 95.7. The first-order chi connectivity index (χ1) is 63.2. The molecule has 0 bridgehead atoms. The molecule has 7 aromatic heterocycles. The van der Waals surface area contributed by atoms with Gasteiger partial charge in [-0.05, 0) is 292 Å². The molecule has 5 saturated carbocycles. The number of anilines is 4. The van der Waals surface area contributed by atoms with Gasteiger partial charge >= 0.3 is 0 Å². The molecule has 18 rings (SSSR count). The fourth-order valence-electron chi connectivity index (χ4n) is 21.0. The van der Waals surface area contributed by atoms with Crippen molar-refractivity contribution in [2.24, 2.45) is 46.4 Å². The summed E-state index contributed by atoms with van der Waals surface area (Å²) >= 11 is 21.1. The number of hydrogen-bond donors (Lipinski definition) is 5. The van der Waals surface area contributed by atoms with Crippen molar-refractivity contribution in [2.75, 3.05) is 21.3 Å². The summed E-state index contributed by atoms with van der Waals surface area (Å²) in [6, 6.07) is 26.6. The molecule has 0 saturated heterocycles. The predicted octanol–water partition coefficient (Wildman–Crippen LogP) is 24.4. The van der Waals surface area contributed by atoms with E-state index in [9.17, 15) is 42.7 Å². The van der Waals surface area contributed by atoms with Gasteiger partial charge in [0.15, 0.2) is 5.82 Å². The van der Waals surface area contributed by atoms with Crippen molar-refractivity contribution in [3.8, 4) is 44.5 Å². The minimum Gasteiger partial charge on any atom is -0.354 e. The lowest BCUT2D eigenvalue weighted by Crippen LogP contribution is -2.31. The lowest BCUT2D eigenvalue weighted by atomic mass is 9.76. The zero-order chi connectivity index (χ0) is 93.7. The van der Waals surface area contributed by atoms with E-state index in [1.54, 1.807) is 57.8 Å². The predicted molar refractivity (Wildman–Crippen MR) is 520 cm³/mol. The second kappa shape index (κ2) is 41.7. The molecule has 0 radical (unpaired) electrons. The molecule has 11 aromatic rings. The van der Waals surface area contributed by atoms with E-state index < -0.39 is 0 Å². The third kappa shape index (κ3) is 22.1. The number of nitrogens with zero attached hydrogens (tertiary/aromatic N) is 10. The minimum absolute atomic E-state index is 0.0252. The summed E-state index contributed by atoms with van der Waals surface area (Å²) in [5.74, 6) is 2.55. The second-order valence-electron chi connectivity index (χ2n) is 38.2. The molecule has 5 aliphatic carbocycles. The highest BCUT2D eigenvalue weighted by molar-refractivity contribution is 7.07. The molecule has 1 spiro atoms. The Labute approximate surface area is 788 Å². The Bertz CT molecular complexity index is 6300. The maximum atomic E-state index is 15.2. The smallest absolute Gasteiger partial charge is 0.228 e. The van der Waals surface area contributed by atoms with Crippen LogP contribution in [0.2, 0.25) is 15.1 Å². The summed E-state index contributed by atoms with van der Waals surface area (Å²) in [7, 11) is 0. The molecule has 5 amide bonds. The van der Waals surface area contributed by atoms with Crippen LogP contribution in [-0.2, 0) is 50.3 Å². The molecule has 7 aliphatic rings. The molecule has 2 aliphatic heterocycles. The number of hydrogen-bond acceptors (Lipinski definition) is 17. The molecule has 132 heavy (non-hydrogen) atoms. The van der Waals surface area contributed by atoms with Gasteiger partial charge in [-0.25, -0.2) is 33.7 Å². The molecular weight excluding hydrogens is 1750 g/mol. The quantitative estimate of drug-likeness (QED) is 0.0446. The monoisotopic (exact) mass is 1870 g/mol. The molecule has 23 nitrogen and oxygen atoms in total. The van der Waals surface area contributed by atoms with Crippen molar-refractivity contribution in [1.29, 1.82) is 0 Å². The second-order valence-corrected chi connectivity index (χ2v) is 40.2. The van der Waals surface area contributed by atoms with E-state index in [0.29, 0.717) is 122 Å². The van der Waals surface area contributed by atoms with Crippen LogP contribution in [-0.4, -0.2) is 102 Å². The first-order valence-corrected chi connectivity index (χ1v) is 48.5. The van der Waals surface area contributed by atoms with Gasteiger partial charge < -0.3 is 45.5 Å². The van der Waals surface area contributed by atoms with Crippen LogP contribution < -0.4 is 26.6 Å². The van der Waals surface area contributed by atoms with Crippen molar-refractivity contribution in [1.82, 2.24) is 49.0 Å². The normalized spacial score (nSPS) is 20.6. The van der Waals surface area contributed by atoms with E-state index in [-0.39, 0.29) is 106 Å². The summed E-state index contributed by atoms with van der Waals surface area (Å²) < 4.78 is 38.6. The number of carbonyl (C=O) groups excluding carboxylic acids is 8. The maximum Gasteiger partial charge on any atom is 0.228 e. The Morgan fingerprint density at radius 2 is 0.977 bits per heavy atom. The molecule has 4 aromatic carbocycles. The van der Waals surface area contributed by atoms with Crippen LogP contribution >= 0.6 is 46.3 Å². The number of Topliss-reactive ketones (excluding diaryl/α,β-unsaturated/α-hetero) is 3. The zero-order valence-electron chi connectivity index (χ0n) is 76.8. The number of rotatable bonds is 21. The van der Waals surface area contributed by atoms with Crippen LogP contribution in [0.5, 0.6) is 0 Å². The molecule has 9 atom stereocenters. The Hall–Kier alpha value is -10.9. The summed E-state index contributed by atoms with van der Waals surface area (Å²) in [4.78, 5) is 125. The number of imidazole rings is 1. The first-order valence-electron chi connectivity index (χ1n) is 46.6. The molecule has 9 heterocycles. The average molecular weight is 1870 g/mol. The highest BCUT2D eigenvalue weighted by Crippen LogP contribution is 2.53. The SMILES string of the molecule is CC(=O)C[C@@H]1CCC[C@H](C(=O)Nc2cc(-c3cc(F)c4c(c3)C3(CCCC3)C(C)=N4)c(Cl)cn2)C1.CC(=O)C[C@@H]1CCC[C@H](C(=O)Nc2cc(-c3ccc4nn5c(c4c3)C(C)CC5)c(Cl)cn2)C1.CC(=O)C[C@@H]1CCC[C@H](C(=O)Nc2cc(-c3ccc4nsc(C(C)C)c4c3)c(Cl)cn2)C1.CC(=O)N[C@@H]1CC[C@H](C(=O)Nc2cc(-c3cc(F)c4ncn(C(C)C)c4c3)c(C)cn2)C1. The number of ketones is 3. The number of fused-ring (bicyclic) bond motifs is 7. The summed E-state index contributed by atoms with van der Waals surface area (Å²) in [5, 5.41) is 23.2. The number of halogens is 5. The Balaban J connectivity index is 0.000000135. The van der Waals surface area contributed by atoms with Gasteiger partial charge in [-0.15, -0.1) is 0 Å². The largest absolute Gasteiger partial charge is 0.354 e. The van der Waals surface area contributed by atoms with E-state index in [2.05, 4.69) is 98.5 Å². The minimum atomic E-state index is -0.381. The zero-order valence-corrected chi connectivity index (χ0v) is 79.9. The Morgan fingerprint density at radius 3 is 1.48 bits per heavy atom. The van der Waals surface area contributed by atoms with Crippen LogP contribution in [0.15, 0.2) is 121 Å². The standard InChI is InChI=1S/C28H31ClFN3O2.C26H29ClN4O2.C25H28ClN3O2S.C24H28FN5O2/c1-16(34)10-18-6-5-7-19(11-18)27(35)33-25-14-21(23(29)15-31-25)20-12-22-26(24(30)13-20)32-17(2)28(22)8-3-4-9-28;1-15-8-9-31-25(15)21-12-18(6-7-23(21)30-31)20-13-24(28-14-22(20)27)29-26(33)19-5-3-4-17(11-19)10-16(2)32;1-14(2)24-20-11-17(7-8-22(20)29-32-24)19-12-23(27-13-21(19)26)28-25(31)18-6-4-5-16(10-18)9-15(3)30;1-13(2)30-12-27-23-20(25)8-17(9-21(23)30)19-10-22(26-11-14(19)3)29-24(32)16-5-6-18(7-16)28-15(4)31/h12-15,18-19H,3-11H2,1-2H3,(H,31,33,35);6-7,12-15,17,19H,3-5,8-11H2,1-2H3,(H,28,29,33);7-8,11-14,16,18H,4-6,9-10H2,1-3H3,(H,27,28,31);8-13,16,18H,5-7H2,1-4H3,(H,28,31)(H,26,29,32)/t18-,19-;15?,17-,19-;16-,18-;16-,18+/m0000/s1. The Kier molecular flexibility index (Phi) is 30.2. The average Bonchev–Trinajstić information content (AvgIpc) is 1.57. The van der Waals surface area contributed by atoms with Gasteiger partial charge in [0.05, 0.1) is 37.9 Å². The van der Waals surface area contributed by atoms with Crippen molar-refractivity contribution in [3.63, 3.8) is 0 Å². The van der Waals surface area contributed by atoms with Crippen molar-refractivity contribution in [3.05, 3.63) is 164 Å². The number of carbonyl (C=O) groups is 8. The molecule has 1 unspecified atom stereocenters.